The van der Waals surface area contributed by atoms with E-state index in [9.17, 15) is 0 Å². The zero-order valence-electron chi connectivity index (χ0n) is 5.60. The molecule has 1 aliphatic carbocycles. The van der Waals surface area contributed by atoms with Crippen molar-refractivity contribution in [2.45, 2.75) is 31.8 Å². The fourth-order valence-electron chi connectivity index (χ4n) is 1.70. The summed E-state index contributed by atoms with van der Waals surface area (Å²) in [5.74, 6) is 0. The lowest BCUT2D eigenvalue weighted by Crippen LogP contribution is -2.13. The Morgan fingerprint density at radius 2 is 2.44 bits per heavy atom. The molecule has 50 valence electrons. The van der Waals surface area contributed by atoms with Gasteiger partial charge in [0.05, 0.1) is 12.7 Å². The fourth-order valence-corrected chi connectivity index (χ4v) is 1.70. The molecule has 1 fully saturated rings. The van der Waals surface area contributed by atoms with Crippen molar-refractivity contribution in [3.05, 3.63) is 11.6 Å². The number of ether oxygens (including phenoxy) is 1. The molecule has 9 heavy (non-hydrogen) atoms. The second kappa shape index (κ2) is 2.14. The van der Waals surface area contributed by atoms with Crippen LogP contribution in [-0.4, -0.2) is 12.7 Å². The molecule has 0 spiro atoms. The maximum atomic E-state index is 5.46. The molecule has 0 aromatic heterocycles. The highest BCUT2D eigenvalue weighted by molar-refractivity contribution is 5.14. The van der Waals surface area contributed by atoms with Gasteiger partial charge in [-0.2, -0.15) is 0 Å². The number of rotatable bonds is 0. The van der Waals surface area contributed by atoms with Gasteiger partial charge in [-0.1, -0.05) is 12.5 Å². The van der Waals surface area contributed by atoms with Gasteiger partial charge in [0.2, 0.25) is 0 Å². The largest absolute Gasteiger partial charge is 0.370 e. The standard InChI is InChI=1S/C8H12O/c1-2-4-8-7(3-1)5-6-9-8/h5,8H,1-4,6H2. The Bertz CT molecular complexity index is 138. The molecule has 2 rings (SSSR count). The Labute approximate surface area is 55.7 Å². The van der Waals surface area contributed by atoms with E-state index in [0.717, 1.165) is 6.61 Å². The number of fused-ring (bicyclic) bond motifs is 1. The lowest BCUT2D eigenvalue weighted by atomic mass is 9.93. The van der Waals surface area contributed by atoms with Crippen LogP contribution in [0.3, 0.4) is 0 Å². The smallest absolute Gasteiger partial charge is 0.0790 e. The Kier molecular flexibility index (Phi) is 1.31. The maximum Gasteiger partial charge on any atom is 0.0790 e. The third-order valence-electron chi connectivity index (χ3n) is 2.24. The van der Waals surface area contributed by atoms with E-state index < -0.39 is 0 Å². The van der Waals surface area contributed by atoms with Crippen molar-refractivity contribution in [2.75, 3.05) is 6.61 Å². The Morgan fingerprint density at radius 1 is 1.44 bits per heavy atom. The first-order valence-electron chi connectivity index (χ1n) is 3.77. The summed E-state index contributed by atoms with van der Waals surface area (Å²) < 4.78 is 5.46. The molecule has 0 N–H and O–H groups in total. The summed E-state index contributed by atoms with van der Waals surface area (Å²) in [6.45, 7) is 0.875. The first kappa shape index (κ1) is 5.48. The van der Waals surface area contributed by atoms with Crippen molar-refractivity contribution in [2.24, 2.45) is 0 Å². The molecule has 1 saturated carbocycles. The van der Waals surface area contributed by atoms with E-state index in [-0.39, 0.29) is 0 Å². The normalized spacial score (nSPS) is 33.8. The van der Waals surface area contributed by atoms with Crippen LogP contribution in [0.2, 0.25) is 0 Å². The van der Waals surface area contributed by atoms with E-state index in [1.165, 1.54) is 25.7 Å². The molecule has 1 heteroatoms. The molecule has 0 aromatic rings. The third-order valence-corrected chi connectivity index (χ3v) is 2.24. The minimum absolute atomic E-state index is 0.527. The lowest BCUT2D eigenvalue weighted by Gasteiger charge is -2.19. The first-order chi connectivity index (χ1) is 4.47. The van der Waals surface area contributed by atoms with Crippen LogP contribution in [0.5, 0.6) is 0 Å². The second-order valence-corrected chi connectivity index (χ2v) is 2.85. The average Bonchev–Trinajstić information content (AvgIpc) is 2.33. The molecule has 1 heterocycles. The summed E-state index contributed by atoms with van der Waals surface area (Å²) >= 11 is 0. The van der Waals surface area contributed by atoms with Crippen LogP contribution < -0.4 is 0 Å². The van der Waals surface area contributed by atoms with Gasteiger partial charge in [0.1, 0.15) is 0 Å². The molecule has 0 bridgehead atoms. The molecule has 0 aromatic carbocycles. The summed E-state index contributed by atoms with van der Waals surface area (Å²) in [7, 11) is 0. The SMILES string of the molecule is C1=C2CCCCC2OC1. The van der Waals surface area contributed by atoms with Gasteiger partial charge in [-0.15, -0.1) is 0 Å². The van der Waals surface area contributed by atoms with E-state index in [4.69, 9.17) is 4.74 Å². The van der Waals surface area contributed by atoms with Crippen LogP contribution in [-0.2, 0) is 4.74 Å². The fraction of sp³-hybridized carbons (Fsp3) is 0.750. The predicted octanol–water partition coefficient (Wildman–Crippen LogP) is 1.89. The summed E-state index contributed by atoms with van der Waals surface area (Å²) in [6, 6.07) is 0. The highest BCUT2D eigenvalue weighted by Crippen LogP contribution is 2.29. The number of hydrogen-bond acceptors (Lipinski definition) is 1. The molecule has 1 aliphatic heterocycles. The zero-order valence-corrected chi connectivity index (χ0v) is 5.60. The van der Waals surface area contributed by atoms with Gasteiger partial charge in [-0.25, -0.2) is 0 Å². The first-order valence-corrected chi connectivity index (χ1v) is 3.77. The van der Waals surface area contributed by atoms with Crippen LogP contribution in [0.1, 0.15) is 25.7 Å². The molecule has 2 aliphatic rings. The van der Waals surface area contributed by atoms with Crippen LogP contribution in [0.4, 0.5) is 0 Å². The molecule has 1 nitrogen and oxygen atoms in total. The van der Waals surface area contributed by atoms with Crippen molar-refractivity contribution in [3.63, 3.8) is 0 Å². The van der Waals surface area contributed by atoms with E-state index in [1.807, 2.05) is 0 Å². The van der Waals surface area contributed by atoms with Crippen molar-refractivity contribution in [3.8, 4) is 0 Å². The Balaban J connectivity index is 2.09. The second-order valence-electron chi connectivity index (χ2n) is 2.85. The summed E-state index contributed by atoms with van der Waals surface area (Å²) in [5.41, 5.74) is 1.57. The van der Waals surface area contributed by atoms with Gasteiger partial charge in [-0.05, 0) is 24.8 Å². The molecular formula is C8H12O. The van der Waals surface area contributed by atoms with Gasteiger partial charge < -0.3 is 4.74 Å². The summed E-state index contributed by atoms with van der Waals surface area (Å²) in [4.78, 5) is 0. The van der Waals surface area contributed by atoms with Crippen LogP contribution in [0, 0.1) is 0 Å². The monoisotopic (exact) mass is 124 g/mol. The maximum absolute atomic E-state index is 5.46. The van der Waals surface area contributed by atoms with Crippen molar-refractivity contribution >= 4 is 0 Å². The summed E-state index contributed by atoms with van der Waals surface area (Å²) in [6.07, 6.45) is 8.09. The average molecular weight is 124 g/mol. The highest BCUT2D eigenvalue weighted by Gasteiger charge is 2.22. The molecule has 1 atom stereocenters. The Morgan fingerprint density at radius 3 is 3.33 bits per heavy atom. The van der Waals surface area contributed by atoms with Crippen molar-refractivity contribution in [1.29, 1.82) is 0 Å². The predicted molar refractivity (Wildman–Crippen MR) is 36.3 cm³/mol. The lowest BCUT2D eigenvalue weighted by molar-refractivity contribution is 0.104. The topological polar surface area (TPSA) is 9.23 Å². The molecule has 1 unspecified atom stereocenters. The Hall–Kier alpha value is -0.300. The minimum Gasteiger partial charge on any atom is -0.370 e. The van der Waals surface area contributed by atoms with E-state index in [0.29, 0.717) is 6.10 Å². The quantitative estimate of drug-likeness (QED) is 0.448. The van der Waals surface area contributed by atoms with Crippen molar-refractivity contribution < 1.29 is 4.74 Å². The van der Waals surface area contributed by atoms with E-state index >= 15 is 0 Å². The third kappa shape index (κ3) is 0.897. The highest BCUT2D eigenvalue weighted by atomic mass is 16.5. The molecule has 0 amide bonds. The van der Waals surface area contributed by atoms with Gasteiger partial charge in [0.15, 0.2) is 0 Å². The van der Waals surface area contributed by atoms with Gasteiger partial charge in [0, 0.05) is 0 Å². The van der Waals surface area contributed by atoms with Crippen LogP contribution in [0.15, 0.2) is 11.6 Å². The van der Waals surface area contributed by atoms with Crippen LogP contribution >= 0.6 is 0 Å². The van der Waals surface area contributed by atoms with E-state index in [1.54, 1.807) is 5.57 Å². The molecular weight excluding hydrogens is 112 g/mol. The van der Waals surface area contributed by atoms with Gasteiger partial charge in [0.25, 0.3) is 0 Å². The van der Waals surface area contributed by atoms with E-state index in [2.05, 4.69) is 6.08 Å². The van der Waals surface area contributed by atoms with Crippen molar-refractivity contribution in [1.82, 2.24) is 0 Å². The molecule has 0 saturated heterocycles. The van der Waals surface area contributed by atoms with Crippen LogP contribution in [0.25, 0.3) is 0 Å². The molecule has 0 radical (unpaired) electrons. The summed E-state index contributed by atoms with van der Waals surface area (Å²) in [5, 5.41) is 0. The number of hydrogen-bond donors (Lipinski definition) is 0. The van der Waals surface area contributed by atoms with Gasteiger partial charge in [-0.3, -0.25) is 0 Å². The zero-order chi connectivity index (χ0) is 6.10. The van der Waals surface area contributed by atoms with Gasteiger partial charge >= 0.3 is 0 Å². The minimum atomic E-state index is 0.527.